The first kappa shape index (κ1) is 16.6. The Morgan fingerprint density at radius 1 is 1.11 bits per heavy atom. The van der Waals surface area contributed by atoms with Crippen LogP contribution in [0.2, 0.25) is 0 Å². The van der Waals surface area contributed by atoms with Gasteiger partial charge in [0.2, 0.25) is 10.0 Å². The number of sulfone groups is 1. The van der Waals surface area contributed by atoms with Gasteiger partial charge in [0.25, 0.3) is 0 Å². The van der Waals surface area contributed by atoms with E-state index in [0.29, 0.717) is 5.33 Å². The molecule has 1 rings (SSSR count). The molecule has 0 bridgehead atoms. The first-order valence-corrected chi connectivity index (χ1v) is 10.1. The normalized spacial score (nSPS) is 12.5. The molecule has 0 spiro atoms. The second-order valence-corrected chi connectivity index (χ2v) is 8.71. The average molecular weight is 370 g/mol. The molecule has 0 aliphatic rings. The molecule has 0 aromatic heterocycles. The van der Waals surface area contributed by atoms with Gasteiger partial charge in [-0.1, -0.05) is 35.0 Å². The Bertz CT molecular complexity index is 609. The molecule has 1 aromatic carbocycles. The van der Waals surface area contributed by atoms with Gasteiger partial charge in [0.1, 0.15) is 0 Å². The summed E-state index contributed by atoms with van der Waals surface area (Å²) in [6.07, 6.45) is 0. The van der Waals surface area contributed by atoms with E-state index >= 15 is 0 Å². The summed E-state index contributed by atoms with van der Waals surface area (Å²) < 4.78 is 48.6. The summed E-state index contributed by atoms with van der Waals surface area (Å²) >= 11 is 3.27. The van der Waals surface area contributed by atoms with E-state index < -0.39 is 19.9 Å². The van der Waals surface area contributed by atoms with Crippen LogP contribution in [0.4, 0.5) is 0 Å². The minimum Gasteiger partial charge on any atom is -0.229 e. The Hall–Kier alpha value is -0.440. The summed E-state index contributed by atoms with van der Waals surface area (Å²) in [5.41, 5.74) is 0.965. The van der Waals surface area contributed by atoms with Gasteiger partial charge in [-0.25, -0.2) is 21.6 Å². The fourth-order valence-corrected chi connectivity index (χ4v) is 3.55. The van der Waals surface area contributed by atoms with Crippen LogP contribution >= 0.6 is 15.9 Å². The van der Waals surface area contributed by atoms with Crippen LogP contribution in [0, 0.1) is 0 Å². The molecule has 0 atom stereocenters. The maximum absolute atomic E-state index is 11.9. The van der Waals surface area contributed by atoms with Gasteiger partial charge in [0, 0.05) is 17.6 Å². The van der Waals surface area contributed by atoms with Gasteiger partial charge in [-0.15, -0.1) is 0 Å². The van der Waals surface area contributed by atoms with Crippen LogP contribution in [-0.2, 0) is 25.2 Å². The lowest BCUT2D eigenvalue weighted by Gasteiger charge is -2.07. The van der Waals surface area contributed by atoms with Crippen LogP contribution < -0.4 is 4.72 Å². The first-order valence-electron chi connectivity index (χ1n) is 5.66. The molecule has 8 heteroatoms. The van der Waals surface area contributed by atoms with E-state index in [1.165, 1.54) is 19.1 Å². The fourth-order valence-electron chi connectivity index (χ4n) is 1.32. The fraction of sp³-hybridized carbons (Fsp3) is 0.455. The molecule has 0 fully saturated rings. The molecule has 0 aliphatic carbocycles. The van der Waals surface area contributed by atoms with Crippen molar-refractivity contribution < 1.29 is 16.8 Å². The maximum atomic E-state index is 11.9. The zero-order valence-corrected chi connectivity index (χ0v) is 13.7. The van der Waals surface area contributed by atoms with Crippen LogP contribution in [0.1, 0.15) is 12.5 Å². The average Bonchev–Trinajstić information content (AvgIpc) is 2.38. The van der Waals surface area contributed by atoms with Crippen molar-refractivity contribution in [3.05, 3.63) is 29.8 Å². The summed E-state index contributed by atoms with van der Waals surface area (Å²) in [6.45, 7) is 1.42. The molecule has 5 nitrogen and oxygen atoms in total. The van der Waals surface area contributed by atoms with E-state index in [2.05, 4.69) is 20.7 Å². The standard InChI is InChI=1S/C11H16BrNO4S2/c1-2-18(14,15)8-7-13-19(16,17)11-5-3-10(9-12)4-6-11/h3-6,13H,2,7-9H2,1H3. The molecule has 0 amide bonds. The molecule has 1 N–H and O–H groups in total. The highest BCUT2D eigenvalue weighted by atomic mass is 79.9. The van der Waals surface area contributed by atoms with Crippen molar-refractivity contribution in [1.29, 1.82) is 0 Å². The summed E-state index contributed by atoms with van der Waals surface area (Å²) in [5, 5.41) is 0.648. The van der Waals surface area contributed by atoms with Crippen molar-refractivity contribution in [2.45, 2.75) is 17.1 Å². The highest BCUT2D eigenvalue weighted by molar-refractivity contribution is 9.08. The Balaban J connectivity index is 2.70. The third-order valence-corrected chi connectivity index (χ3v) is 6.36. The van der Waals surface area contributed by atoms with Crippen LogP contribution in [0.3, 0.4) is 0 Å². The third kappa shape index (κ3) is 5.21. The van der Waals surface area contributed by atoms with E-state index in [1.54, 1.807) is 12.1 Å². The molecule has 0 saturated heterocycles. The number of nitrogens with one attached hydrogen (secondary N) is 1. The van der Waals surface area contributed by atoms with Gasteiger partial charge < -0.3 is 0 Å². The predicted octanol–water partition coefficient (Wildman–Crippen LogP) is 1.29. The van der Waals surface area contributed by atoms with E-state index in [1.807, 2.05) is 0 Å². The lowest BCUT2D eigenvalue weighted by molar-refractivity contribution is 0.581. The molecule has 0 radical (unpaired) electrons. The SMILES string of the molecule is CCS(=O)(=O)CCNS(=O)(=O)c1ccc(CBr)cc1. The smallest absolute Gasteiger partial charge is 0.229 e. The Labute approximate surface area is 122 Å². The van der Waals surface area contributed by atoms with Crippen molar-refractivity contribution in [2.24, 2.45) is 0 Å². The number of alkyl halides is 1. The minimum atomic E-state index is -3.65. The highest BCUT2D eigenvalue weighted by Crippen LogP contribution is 2.12. The van der Waals surface area contributed by atoms with E-state index in [0.717, 1.165) is 5.56 Å². The van der Waals surface area contributed by atoms with Crippen LogP contribution in [0.15, 0.2) is 29.2 Å². The van der Waals surface area contributed by atoms with Crippen molar-refractivity contribution in [2.75, 3.05) is 18.1 Å². The van der Waals surface area contributed by atoms with Gasteiger partial charge in [-0.05, 0) is 17.7 Å². The molecule has 0 aliphatic heterocycles. The lowest BCUT2D eigenvalue weighted by atomic mass is 10.2. The minimum absolute atomic E-state index is 0.00861. The quantitative estimate of drug-likeness (QED) is 0.734. The van der Waals surface area contributed by atoms with Crippen molar-refractivity contribution in [1.82, 2.24) is 4.72 Å². The zero-order valence-electron chi connectivity index (χ0n) is 10.5. The van der Waals surface area contributed by atoms with Crippen LogP contribution in [0.25, 0.3) is 0 Å². The number of rotatable bonds is 7. The molecule has 0 unspecified atom stereocenters. The van der Waals surface area contributed by atoms with E-state index in [4.69, 9.17) is 0 Å². The highest BCUT2D eigenvalue weighted by Gasteiger charge is 2.15. The maximum Gasteiger partial charge on any atom is 0.240 e. The predicted molar refractivity (Wildman–Crippen MR) is 78.6 cm³/mol. The van der Waals surface area contributed by atoms with Crippen molar-refractivity contribution in [3.63, 3.8) is 0 Å². The molecule has 1 aromatic rings. The number of sulfonamides is 1. The number of hydrogen-bond donors (Lipinski definition) is 1. The third-order valence-electron chi connectivity index (χ3n) is 2.53. The van der Waals surface area contributed by atoms with Gasteiger partial charge >= 0.3 is 0 Å². The molecular formula is C11H16BrNO4S2. The first-order chi connectivity index (χ1) is 8.80. The number of benzene rings is 1. The van der Waals surface area contributed by atoms with Gasteiger partial charge in [0.05, 0.1) is 10.6 Å². The summed E-state index contributed by atoms with van der Waals surface area (Å²) in [5.74, 6) is -0.184. The van der Waals surface area contributed by atoms with Gasteiger partial charge in [-0.3, -0.25) is 0 Å². The summed E-state index contributed by atoms with van der Waals surface area (Å²) in [4.78, 5) is 0.131. The van der Waals surface area contributed by atoms with Crippen molar-refractivity contribution in [3.8, 4) is 0 Å². The number of halogens is 1. The molecule has 19 heavy (non-hydrogen) atoms. The molecule has 0 heterocycles. The largest absolute Gasteiger partial charge is 0.240 e. The summed E-state index contributed by atoms with van der Waals surface area (Å²) in [6, 6.07) is 6.39. The van der Waals surface area contributed by atoms with Gasteiger partial charge in [-0.2, -0.15) is 0 Å². The Morgan fingerprint density at radius 2 is 1.68 bits per heavy atom. The molecule has 108 valence electrons. The van der Waals surface area contributed by atoms with Gasteiger partial charge in [0.15, 0.2) is 9.84 Å². The lowest BCUT2D eigenvalue weighted by Crippen LogP contribution is -2.29. The van der Waals surface area contributed by atoms with E-state index in [-0.39, 0.29) is 22.9 Å². The van der Waals surface area contributed by atoms with Crippen LogP contribution in [0.5, 0.6) is 0 Å². The van der Waals surface area contributed by atoms with Crippen molar-refractivity contribution >= 4 is 35.8 Å². The Morgan fingerprint density at radius 3 is 2.16 bits per heavy atom. The topological polar surface area (TPSA) is 80.3 Å². The Kier molecular flexibility index (Phi) is 5.97. The van der Waals surface area contributed by atoms with E-state index in [9.17, 15) is 16.8 Å². The van der Waals surface area contributed by atoms with Crippen LogP contribution in [-0.4, -0.2) is 34.9 Å². The molecular weight excluding hydrogens is 354 g/mol. The number of hydrogen-bond acceptors (Lipinski definition) is 4. The second-order valence-electron chi connectivity index (χ2n) is 3.91. The summed E-state index contributed by atoms with van der Waals surface area (Å²) in [7, 11) is -6.81. The second kappa shape index (κ2) is 6.83. The monoisotopic (exact) mass is 369 g/mol. The molecule has 0 saturated carbocycles. The zero-order chi connectivity index (χ0) is 14.5.